The van der Waals surface area contributed by atoms with E-state index in [1.807, 2.05) is 30.3 Å². The molecule has 2 aromatic rings. The van der Waals surface area contributed by atoms with Gasteiger partial charge in [0.05, 0.1) is 12.8 Å². The van der Waals surface area contributed by atoms with Crippen molar-refractivity contribution in [1.82, 2.24) is 4.98 Å². The summed E-state index contributed by atoms with van der Waals surface area (Å²) < 4.78 is 6.21. The molecule has 0 bridgehead atoms. The van der Waals surface area contributed by atoms with E-state index >= 15 is 0 Å². The Morgan fingerprint density at radius 1 is 1.26 bits per heavy atom. The second-order valence-corrected chi connectivity index (χ2v) is 5.15. The molecule has 0 saturated heterocycles. The first-order valence-electron chi connectivity index (χ1n) is 6.19. The highest BCUT2D eigenvalue weighted by Crippen LogP contribution is 2.22. The molecule has 100 valence electrons. The molecule has 0 saturated carbocycles. The fourth-order valence-electron chi connectivity index (χ4n) is 2.01. The lowest BCUT2D eigenvalue weighted by Crippen LogP contribution is -2.18. The van der Waals surface area contributed by atoms with Crippen molar-refractivity contribution in [3.63, 3.8) is 0 Å². The third-order valence-corrected chi connectivity index (χ3v) is 3.51. The maximum atomic E-state index is 5.37. The fourth-order valence-corrected chi connectivity index (χ4v) is 2.38. The molecule has 1 heterocycles. The maximum Gasteiger partial charge on any atom is 0.129 e. The predicted octanol–water partition coefficient (Wildman–Crippen LogP) is 3.90. The highest BCUT2D eigenvalue weighted by Gasteiger charge is 2.09. The van der Waals surface area contributed by atoms with Crippen molar-refractivity contribution in [2.24, 2.45) is 0 Å². The monoisotopic (exact) mass is 320 g/mol. The van der Waals surface area contributed by atoms with Crippen LogP contribution in [0.4, 0.5) is 5.69 Å². The van der Waals surface area contributed by atoms with Gasteiger partial charge in [0.25, 0.3) is 0 Å². The number of nitrogens with zero attached hydrogens (tertiary/aromatic N) is 1. The third-order valence-electron chi connectivity index (χ3n) is 2.88. The van der Waals surface area contributed by atoms with E-state index in [2.05, 4.69) is 39.2 Å². The molecule has 1 aromatic carbocycles. The smallest absolute Gasteiger partial charge is 0.129 e. The van der Waals surface area contributed by atoms with Gasteiger partial charge in [0.1, 0.15) is 10.4 Å². The Kier molecular flexibility index (Phi) is 4.80. The molecular weight excluding hydrogens is 304 g/mol. The Morgan fingerprint density at radius 2 is 2.05 bits per heavy atom. The molecule has 4 heteroatoms. The predicted molar refractivity (Wildman–Crippen MR) is 81.7 cm³/mol. The second kappa shape index (κ2) is 6.57. The normalized spacial score (nSPS) is 11.9. The van der Waals surface area contributed by atoms with E-state index in [0.29, 0.717) is 0 Å². The molecule has 0 radical (unpaired) electrons. The summed E-state index contributed by atoms with van der Waals surface area (Å²) in [6.45, 7) is 2.14. The quantitative estimate of drug-likeness (QED) is 0.848. The average molecular weight is 321 g/mol. The van der Waals surface area contributed by atoms with Gasteiger partial charge in [-0.25, -0.2) is 4.98 Å². The standard InChI is InChI=1S/C15H17BrN2O/c1-11(18-13-7-5-9-17-15(13)16)10-12-6-3-4-8-14(12)19-2/h3-9,11,18H,10H2,1-2H3. The van der Waals surface area contributed by atoms with E-state index in [4.69, 9.17) is 4.74 Å². The van der Waals surface area contributed by atoms with Crippen molar-refractivity contribution in [2.75, 3.05) is 12.4 Å². The van der Waals surface area contributed by atoms with Gasteiger partial charge in [0.15, 0.2) is 0 Å². The van der Waals surface area contributed by atoms with Gasteiger partial charge in [0, 0.05) is 12.2 Å². The summed E-state index contributed by atoms with van der Waals surface area (Å²) in [7, 11) is 1.70. The van der Waals surface area contributed by atoms with Crippen molar-refractivity contribution < 1.29 is 4.74 Å². The summed E-state index contributed by atoms with van der Waals surface area (Å²) in [4.78, 5) is 4.20. The van der Waals surface area contributed by atoms with E-state index in [1.54, 1.807) is 13.3 Å². The Labute approximate surface area is 122 Å². The molecular formula is C15H17BrN2O. The minimum Gasteiger partial charge on any atom is -0.496 e. The molecule has 0 spiro atoms. The third kappa shape index (κ3) is 3.70. The molecule has 1 unspecified atom stereocenters. The van der Waals surface area contributed by atoms with Crippen LogP contribution in [0.15, 0.2) is 47.2 Å². The van der Waals surface area contributed by atoms with E-state index in [0.717, 1.165) is 22.5 Å². The van der Waals surface area contributed by atoms with Gasteiger partial charge in [-0.05, 0) is 53.0 Å². The molecule has 1 aromatic heterocycles. The summed E-state index contributed by atoms with van der Waals surface area (Å²) in [6.07, 6.45) is 2.66. The van der Waals surface area contributed by atoms with E-state index in [-0.39, 0.29) is 6.04 Å². The summed E-state index contributed by atoms with van der Waals surface area (Å²) in [5.41, 5.74) is 2.20. The first kappa shape index (κ1) is 13.9. The van der Waals surface area contributed by atoms with Crippen LogP contribution in [0.1, 0.15) is 12.5 Å². The Bertz CT molecular complexity index is 545. The number of anilines is 1. The van der Waals surface area contributed by atoms with E-state index < -0.39 is 0 Å². The summed E-state index contributed by atoms with van der Waals surface area (Å²) in [6, 6.07) is 12.3. The number of benzene rings is 1. The van der Waals surface area contributed by atoms with Gasteiger partial charge < -0.3 is 10.1 Å². The lowest BCUT2D eigenvalue weighted by atomic mass is 10.1. The van der Waals surface area contributed by atoms with Gasteiger partial charge in [-0.2, -0.15) is 0 Å². The van der Waals surface area contributed by atoms with Gasteiger partial charge in [-0.15, -0.1) is 0 Å². The summed E-state index contributed by atoms with van der Waals surface area (Å²) >= 11 is 3.44. The molecule has 1 N–H and O–H groups in total. The number of nitrogens with one attached hydrogen (secondary N) is 1. The molecule has 0 aliphatic carbocycles. The number of methoxy groups -OCH3 is 1. The topological polar surface area (TPSA) is 34.1 Å². The number of halogens is 1. The summed E-state index contributed by atoms with van der Waals surface area (Å²) in [5, 5.41) is 3.45. The van der Waals surface area contributed by atoms with Crippen LogP contribution < -0.4 is 10.1 Å². The minimum atomic E-state index is 0.289. The molecule has 3 nitrogen and oxygen atoms in total. The first-order chi connectivity index (χ1) is 9.20. The van der Waals surface area contributed by atoms with Crippen LogP contribution in [0.3, 0.4) is 0 Å². The van der Waals surface area contributed by atoms with Crippen LogP contribution in [-0.2, 0) is 6.42 Å². The van der Waals surface area contributed by atoms with Gasteiger partial charge in [-0.1, -0.05) is 18.2 Å². The molecule has 1 atom stereocenters. The van der Waals surface area contributed by atoms with E-state index in [9.17, 15) is 0 Å². The Balaban J connectivity index is 2.05. The maximum absolute atomic E-state index is 5.37. The largest absolute Gasteiger partial charge is 0.496 e. The highest BCUT2D eigenvalue weighted by atomic mass is 79.9. The Morgan fingerprint density at radius 3 is 2.79 bits per heavy atom. The lowest BCUT2D eigenvalue weighted by molar-refractivity contribution is 0.409. The average Bonchev–Trinajstić information content (AvgIpc) is 2.42. The van der Waals surface area contributed by atoms with Crippen LogP contribution in [0.2, 0.25) is 0 Å². The van der Waals surface area contributed by atoms with Crippen LogP contribution in [0.5, 0.6) is 5.75 Å². The molecule has 19 heavy (non-hydrogen) atoms. The number of hydrogen-bond acceptors (Lipinski definition) is 3. The minimum absolute atomic E-state index is 0.289. The van der Waals surface area contributed by atoms with Crippen LogP contribution in [0.25, 0.3) is 0 Å². The fraction of sp³-hybridized carbons (Fsp3) is 0.267. The van der Waals surface area contributed by atoms with Crippen molar-refractivity contribution in [2.45, 2.75) is 19.4 Å². The van der Waals surface area contributed by atoms with Crippen molar-refractivity contribution in [3.8, 4) is 5.75 Å². The van der Waals surface area contributed by atoms with Crippen molar-refractivity contribution in [3.05, 3.63) is 52.8 Å². The number of pyridine rings is 1. The number of para-hydroxylation sites is 1. The zero-order valence-electron chi connectivity index (χ0n) is 11.1. The van der Waals surface area contributed by atoms with E-state index in [1.165, 1.54) is 5.56 Å². The molecule has 0 fully saturated rings. The first-order valence-corrected chi connectivity index (χ1v) is 6.99. The Hall–Kier alpha value is -1.55. The number of ether oxygens (including phenoxy) is 1. The zero-order chi connectivity index (χ0) is 13.7. The molecule has 0 aliphatic heterocycles. The number of hydrogen-bond donors (Lipinski definition) is 1. The van der Waals surface area contributed by atoms with Crippen molar-refractivity contribution in [1.29, 1.82) is 0 Å². The van der Waals surface area contributed by atoms with Gasteiger partial charge >= 0.3 is 0 Å². The molecule has 0 amide bonds. The van der Waals surface area contributed by atoms with Crippen LogP contribution >= 0.6 is 15.9 Å². The number of rotatable bonds is 5. The van der Waals surface area contributed by atoms with Gasteiger partial charge in [0.2, 0.25) is 0 Å². The second-order valence-electron chi connectivity index (χ2n) is 4.40. The molecule has 0 aliphatic rings. The van der Waals surface area contributed by atoms with Crippen molar-refractivity contribution >= 4 is 21.6 Å². The number of aromatic nitrogens is 1. The molecule has 2 rings (SSSR count). The summed E-state index contributed by atoms with van der Waals surface area (Å²) in [5.74, 6) is 0.932. The lowest BCUT2D eigenvalue weighted by Gasteiger charge is -2.17. The van der Waals surface area contributed by atoms with Crippen LogP contribution in [-0.4, -0.2) is 18.1 Å². The zero-order valence-corrected chi connectivity index (χ0v) is 12.6. The SMILES string of the molecule is COc1ccccc1CC(C)Nc1cccnc1Br. The van der Waals surface area contributed by atoms with Crippen LogP contribution in [0, 0.1) is 0 Å². The highest BCUT2D eigenvalue weighted by molar-refractivity contribution is 9.10. The van der Waals surface area contributed by atoms with Gasteiger partial charge in [-0.3, -0.25) is 0 Å².